The molecule has 0 radical (unpaired) electrons. The summed E-state index contributed by atoms with van der Waals surface area (Å²) in [6.07, 6.45) is 10.3. The summed E-state index contributed by atoms with van der Waals surface area (Å²) < 4.78 is 0. The highest BCUT2D eigenvalue weighted by Crippen LogP contribution is 2.44. The first kappa shape index (κ1) is 22.0. The van der Waals surface area contributed by atoms with E-state index in [4.69, 9.17) is 4.98 Å². The molecule has 0 spiro atoms. The van der Waals surface area contributed by atoms with Crippen LogP contribution in [0, 0.1) is 5.92 Å². The fourth-order valence-corrected chi connectivity index (χ4v) is 5.05. The van der Waals surface area contributed by atoms with Crippen LogP contribution in [0.3, 0.4) is 0 Å². The predicted molar refractivity (Wildman–Crippen MR) is 118 cm³/mol. The zero-order valence-electron chi connectivity index (χ0n) is 19.0. The van der Waals surface area contributed by atoms with Crippen LogP contribution in [0.25, 0.3) is 0 Å². The summed E-state index contributed by atoms with van der Waals surface area (Å²) in [5, 5.41) is 3.45. The number of hydrogen-bond donors (Lipinski definition) is 1. The minimum atomic E-state index is -0.108. The number of nitrogens with zero attached hydrogens (tertiary/aromatic N) is 4. The number of carbonyl (C=O) groups is 1. The Kier molecular flexibility index (Phi) is 7.14. The van der Waals surface area contributed by atoms with Crippen LogP contribution in [0.15, 0.2) is 6.20 Å². The van der Waals surface area contributed by atoms with Gasteiger partial charge in [0.05, 0.1) is 11.3 Å². The Morgan fingerprint density at radius 3 is 2.69 bits per heavy atom. The van der Waals surface area contributed by atoms with Gasteiger partial charge in [0.2, 0.25) is 5.95 Å². The van der Waals surface area contributed by atoms with Crippen molar-refractivity contribution in [3.05, 3.63) is 17.5 Å². The van der Waals surface area contributed by atoms with E-state index in [1.807, 2.05) is 4.90 Å². The summed E-state index contributed by atoms with van der Waals surface area (Å²) in [5.41, 5.74) is 1.57. The number of likely N-dealkylation sites (N-methyl/N-ethyl adjacent to an activating group) is 1. The zero-order valence-corrected chi connectivity index (χ0v) is 19.0. The molecule has 1 aliphatic carbocycles. The van der Waals surface area contributed by atoms with Crippen LogP contribution in [-0.2, 0) is 5.41 Å². The normalized spacial score (nSPS) is 23.9. The van der Waals surface area contributed by atoms with E-state index in [9.17, 15) is 4.79 Å². The number of carbonyl (C=O) groups excluding carboxylic acids is 1. The van der Waals surface area contributed by atoms with Crippen LogP contribution in [0.1, 0.15) is 81.8 Å². The van der Waals surface area contributed by atoms with Crippen LogP contribution >= 0.6 is 0 Å². The number of hydrogen-bond acceptors (Lipinski definition) is 5. The number of rotatable bonds is 8. The number of anilines is 1. The fraction of sp³-hybridized carbons (Fsp3) is 0.783. The van der Waals surface area contributed by atoms with E-state index < -0.39 is 0 Å². The first-order chi connectivity index (χ1) is 13.8. The van der Waals surface area contributed by atoms with E-state index >= 15 is 0 Å². The maximum atomic E-state index is 13.2. The van der Waals surface area contributed by atoms with Gasteiger partial charge in [-0.05, 0) is 46.2 Å². The number of aromatic nitrogens is 2. The molecule has 3 rings (SSSR count). The molecule has 1 N–H and O–H groups in total. The Balaban J connectivity index is 1.95. The van der Waals surface area contributed by atoms with Crippen molar-refractivity contribution in [3.8, 4) is 0 Å². The quantitative estimate of drug-likeness (QED) is 0.715. The maximum Gasteiger partial charge on any atom is 0.257 e. The van der Waals surface area contributed by atoms with Crippen LogP contribution in [-0.4, -0.2) is 65.4 Å². The lowest BCUT2D eigenvalue weighted by Gasteiger charge is -2.46. The van der Waals surface area contributed by atoms with E-state index in [2.05, 4.69) is 50.1 Å². The molecule has 1 saturated carbocycles. The Morgan fingerprint density at radius 1 is 1.31 bits per heavy atom. The summed E-state index contributed by atoms with van der Waals surface area (Å²) >= 11 is 0. The highest BCUT2D eigenvalue weighted by molar-refractivity contribution is 5.96. The molecule has 1 aliphatic heterocycles. The van der Waals surface area contributed by atoms with Crippen molar-refractivity contribution in [1.29, 1.82) is 0 Å². The second kappa shape index (κ2) is 9.41. The third-order valence-electron chi connectivity index (χ3n) is 6.79. The van der Waals surface area contributed by atoms with Gasteiger partial charge < -0.3 is 15.1 Å². The molecular formula is C23H39N5O. The average Bonchev–Trinajstić information content (AvgIpc) is 2.70. The monoisotopic (exact) mass is 401 g/mol. The lowest BCUT2D eigenvalue weighted by molar-refractivity contribution is 0.0582. The average molecular weight is 402 g/mol. The van der Waals surface area contributed by atoms with Gasteiger partial charge >= 0.3 is 0 Å². The van der Waals surface area contributed by atoms with Gasteiger partial charge in [-0.15, -0.1) is 0 Å². The molecule has 2 unspecified atom stereocenters. The second-order valence-corrected chi connectivity index (χ2v) is 9.57. The molecular weight excluding hydrogens is 362 g/mol. The van der Waals surface area contributed by atoms with Crippen LogP contribution < -0.4 is 5.32 Å². The minimum absolute atomic E-state index is 0.0864. The van der Waals surface area contributed by atoms with E-state index in [0.29, 0.717) is 23.5 Å². The van der Waals surface area contributed by atoms with Crippen molar-refractivity contribution in [1.82, 2.24) is 19.8 Å². The molecule has 0 aromatic carbocycles. The predicted octanol–water partition coefficient (Wildman–Crippen LogP) is 3.93. The van der Waals surface area contributed by atoms with E-state index in [1.54, 1.807) is 6.20 Å². The molecule has 0 bridgehead atoms. The lowest BCUT2D eigenvalue weighted by Crippen LogP contribution is -2.53. The number of nitrogens with one attached hydrogen (secondary N) is 1. The molecule has 2 aliphatic rings. The minimum Gasteiger partial charge on any atom is -0.352 e. The Labute approximate surface area is 176 Å². The van der Waals surface area contributed by atoms with Gasteiger partial charge in [-0.3, -0.25) is 4.79 Å². The molecule has 6 heteroatoms. The molecule has 1 aromatic heterocycles. The van der Waals surface area contributed by atoms with Gasteiger partial charge in [-0.25, -0.2) is 9.97 Å². The van der Waals surface area contributed by atoms with Crippen molar-refractivity contribution in [2.75, 3.05) is 39.0 Å². The molecule has 2 atom stereocenters. The summed E-state index contributed by atoms with van der Waals surface area (Å²) in [5.74, 6) is 1.32. The van der Waals surface area contributed by atoms with Crippen LogP contribution in [0.2, 0.25) is 0 Å². The topological polar surface area (TPSA) is 61.4 Å². The first-order valence-electron chi connectivity index (χ1n) is 11.4. The largest absolute Gasteiger partial charge is 0.352 e. The molecule has 29 heavy (non-hydrogen) atoms. The fourth-order valence-electron chi connectivity index (χ4n) is 5.05. The number of amides is 1. The summed E-state index contributed by atoms with van der Waals surface area (Å²) in [4.78, 5) is 26.9. The van der Waals surface area contributed by atoms with Crippen LogP contribution in [0.5, 0.6) is 0 Å². The van der Waals surface area contributed by atoms with Crippen molar-refractivity contribution < 1.29 is 4.79 Å². The van der Waals surface area contributed by atoms with Gasteiger partial charge in [-0.1, -0.05) is 39.5 Å². The molecule has 6 nitrogen and oxygen atoms in total. The molecule has 162 valence electrons. The summed E-state index contributed by atoms with van der Waals surface area (Å²) in [6.45, 7) is 9.08. The lowest BCUT2D eigenvalue weighted by atomic mass is 9.65. The van der Waals surface area contributed by atoms with E-state index in [-0.39, 0.29) is 11.3 Å². The third kappa shape index (κ3) is 4.90. The molecule has 1 aromatic rings. The molecule has 1 fully saturated rings. The molecule has 2 heterocycles. The van der Waals surface area contributed by atoms with E-state index in [1.165, 1.54) is 32.1 Å². The summed E-state index contributed by atoms with van der Waals surface area (Å²) in [6, 6.07) is 0.329. The van der Waals surface area contributed by atoms with Crippen molar-refractivity contribution in [3.63, 3.8) is 0 Å². The van der Waals surface area contributed by atoms with Gasteiger partial charge in [0, 0.05) is 37.3 Å². The maximum absolute atomic E-state index is 13.2. The smallest absolute Gasteiger partial charge is 0.257 e. The SMILES string of the molecule is CCCC(C)Nc1ncc2c(n1)C(C)(C1CCCCC1)CN(CCN(C)C)C2=O. The van der Waals surface area contributed by atoms with Gasteiger partial charge in [0.1, 0.15) is 0 Å². The zero-order chi connectivity index (χ0) is 21.0. The second-order valence-electron chi connectivity index (χ2n) is 9.57. The number of fused-ring (bicyclic) bond motifs is 1. The Hall–Kier alpha value is -1.69. The molecule has 0 saturated heterocycles. The van der Waals surface area contributed by atoms with Gasteiger partial charge in [0.15, 0.2) is 0 Å². The molecule has 1 amide bonds. The van der Waals surface area contributed by atoms with Gasteiger partial charge in [-0.2, -0.15) is 0 Å². The summed E-state index contributed by atoms with van der Waals surface area (Å²) in [7, 11) is 4.11. The van der Waals surface area contributed by atoms with Gasteiger partial charge in [0.25, 0.3) is 5.91 Å². The Bertz CT molecular complexity index is 701. The Morgan fingerprint density at radius 2 is 2.03 bits per heavy atom. The van der Waals surface area contributed by atoms with E-state index in [0.717, 1.165) is 38.2 Å². The highest BCUT2D eigenvalue weighted by Gasteiger charge is 2.46. The standard InChI is InChI=1S/C23H39N5O/c1-6-10-17(2)25-22-24-15-19-20(26-22)23(3,18-11-8-7-9-12-18)16-28(21(19)29)14-13-27(4)5/h15,17-18H,6-14,16H2,1-5H3,(H,24,25,26). The van der Waals surface area contributed by atoms with Crippen LogP contribution in [0.4, 0.5) is 5.95 Å². The highest BCUT2D eigenvalue weighted by atomic mass is 16.2. The third-order valence-corrected chi connectivity index (χ3v) is 6.79. The van der Waals surface area contributed by atoms with Crippen molar-refractivity contribution in [2.24, 2.45) is 5.92 Å². The van der Waals surface area contributed by atoms with Crippen molar-refractivity contribution >= 4 is 11.9 Å². The first-order valence-corrected chi connectivity index (χ1v) is 11.4. The van der Waals surface area contributed by atoms with Crippen molar-refractivity contribution in [2.45, 2.75) is 77.2 Å².